The molecule has 1 fully saturated rings. The third-order valence-corrected chi connectivity index (χ3v) is 2.39. The Hall–Kier alpha value is -1.14. The first-order valence-electron chi connectivity index (χ1n) is 5.29. The van der Waals surface area contributed by atoms with E-state index in [-0.39, 0.29) is 0 Å². The molecule has 0 amide bonds. The third-order valence-electron chi connectivity index (χ3n) is 2.39. The van der Waals surface area contributed by atoms with Gasteiger partial charge in [0.1, 0.15) is 0 Å². The molecule has 0 spiro atoms. The van der Waals surface area contributed by atoms with Crippen molar-refractivity contribution in [1.82, 2.24) is 4.90 Å². The molecule has 16 heavy (non-hydrogen) atoms. The number of carbonyl (C=O) groups excluding carboxylic acids is 1. The smallest absolute Gasteiger partial charge is 0.345 e. The fourth-order valence-electron chi connectivity index (χ4n) is 1.56. The number of nitrogens with zero attached hydrogens (tertiary/aromatic N) is 1. The predicted molar refractivity (Wildman–Crippen MR) is 55.1 cm³/mol. The molecule has 1 aliphatic heterocycles. The molecule has 6 nitrogen and oxygen atoms in total. The summed E-state index contributed by atoms with van der Waals surface area (Å²) in [4.78, 5) is 23.6. The van der Waals surface area contributed by atoms with Gasteiger partial charge in [0.2, 0.25) is 0 Å². The highest BCUT2D eigenvalue weighted by Crippen LogP contribution is 2.04. The number of esters is 1. The highest BCUT2D eigenvalue weighted by molar-refractivity contribution is 5.76. The first-order chi connectivity index (χ1) is 7.59. The molecule has 0 bridgehead atoms. The van der Waals surface area contributed by atoms with Crippen LogP contribution in [-0.4, -0.2) is 60.9 Å². The topological polar surface area (TPSA) is 76.1 Å². The van der Waals surface area contributed by atoms with Gasteiger partial charge in [0.15, 0.2) is 6.10 Å². The maximum atomic E-state index is 10.8. The van der Waals surface area contributed by atoms with Crippen LogP contribution in [0.3, 0.4) is 0 Å². The normalized spacial score (nSPS) is 19.1. The molecule has 0 saturated carbocycles. The van der Waals surface area contributed by atoms with Crippen LogP contribution in [-0.2, 0) is 19.1 Å². The van der Waals surface area contributed by atoms with Gasteiger partial charge in [-0.1, -0.05) is 0 Å². The van der Waals surface area contributed by atoms with Crippen molar-refractivity contribution in [2.75, 3.05) is 32.8 Å². The van der Waals surface area contributed by atoms with E-state index in [1.54, 1.807) is 0 Å². The monoisotopic (exact) mass is 231 g/mol. The van der Waals surface area contributed by atoms with Crippen molar-refractivity contribution in [2.24, 2.45) is 0 Å². The van der Waals surface area contributed by atoms with Crippen LogP contribution in [0.2, 0.25) is 0 Å². The second-order valence-electron chi connectivity index (χ2n) is 3.68. The minimum Gasteiger partial charge on any atom is -0.479 e. The summed E-state index contributed by atoms with van der Waals surface area (Å²) in [5.41, 5.74) is 0. The summed E-state index contributed by atoms with van der Waals surface area (Å²) in [5.74, 6) is -1.65. The molecule has 0 aromatic carbocycles. The van der Waals surface area contributed by atoms with Crippen LogP contribution < -0.4 is 0 Å². The average molecular weight is 231 g/mol. The van der Waals surface area contributed by atoms with Gasteiger partial charge in [-0.2, -0.15) is 0 Å². The Morgan fingerprint density at radius 2 is 2.06 bits per heavy atom. The minimum atomic E-state index is -1.09. The molecular weight excluding hydrogens is 214 g/mol. The number of morpholine rings is 1. The van der Waals surface area contributed by atoms with Gasteiger partial charge in [0, 0.05) is 33.0 Å². The second kappa shape index (κ2) is 6.44. The van der Waals surface area contributed by atoms with E-state index in [2.05, 4.69) is 4.90 Å². The van der Waals surface area contributed by atoms with Gasteiger partial charge in [0.05, 0.1) is 13.2 Å². The molecule has 0 radical (unpaired) electrons. The van der Waals surface area contributed by atoms with E-state index in [4.69, 9.17) is 14.6 Å². The van der Waals surface area contributed by atoms with Crippen LogP contribution in [0.25, 0.3) is 0 Å². The summed E-state index contributed by atoms with van der Waals surface area (Å²) in [6.45, 7) is 4.76. The van der Waals surface area contributed by atoms with Gasteiger partial charge in [0.25, 0.3) is 0 Å². The van der Waals surface area contributed by atoms with Gasteiger partial charge >= 0.3 is 11.9 Å². The van der Waals surface area contributed by atoms with Crippen molar-refractivity contribution in [3.05, 3.63) is 0 Å². The summed E-state index contributed by atoms with van der Waals surface area (Å²) >= 11 is 0. The summed E-state index contributed by atoms with van der Waals surface area (Å²) in [7, 11) is 0. The molecule has 1 rings (SSSR count). The lowest BCUT2D eigenvalue weighted by Crippen LogP contribution is -2.39. The van der Waals surface area contributed by atoms with Crippen LogP contribution in [0.4, 0.5) is 0 Å². The zero-order valence-corrected chi connectivity index (χ0v) is 9.35. The molecule has 1 heterocycles. The Labute approximate surface area is 94.1 Å². The van der Waals surface area contributed by atoms with E-state index in [0.717, 1.165) is 13.1 Å². The lowest BCUT2D eigenvalue weighted by molar-refractivity contribution is -0.163. The number of hydrogen-bond acceptors (Lipinski definition) is 5. The highest BCUT2D eigenvalue weighted by Gasteiger charge is 2.22. The molecule has 0 aliphatic carbocycles. The zero-order chi connectivity index (χ0) is 12.0. The number of hydrogen-bond donors (Lipinski definition) is 1. The molecule has 0 aromatic heterocycles. The number of carboxylic acids is 1. The SMILES string of the molecule is CC(=O)OC(CCN1CCOCC1)C(=O)O. The average Bonchev–Trinajstić information content (AvgIpc) is 2.25. The Bertz CT molecular complexity index is 250. The molecule has 6 heteroatoms. The lowest BCUT2D eigenvalue weighted by Gasteiger charge is -2.27. The van der Waals surface area contributed by atoms with Gasteiger partial charge in [-0.15, -0.1) is 0 Å². The van der Waals surface area contributed by atoms with Gasteiger partial charge in [-0.05, 0) is 0 Å². The summed E-state index contributed by atoms with van der Waals surface area (Å²) in [6, 6.07) is 0. The van der Waals surface area contributed by atoms with E-state index >= 15 is 0 Å². The largest absolute Gasteiger partial charge is 0.479 e. The number of carbonyl (C=O) groups is 2. The Morgan fingerprint density at radius 3 is 2.56 bits per heavy atom. The van der Waals surface area contributed by atoms with E-state index in [1.165, 1.54) is 6.92 Å². The fraction of sp³-hybridized carbons (Fsp3) is 0.800. The van der Waals surface area contributed by atoms with E-state index in [0.29, 0.717) is 26.2 Å². The highest BCUT2D eigenvalue weighted by atomic mass is 16.6. The first-order valence-corrected chi connectivity index (χ1v) is 5.29. The molecule has 1 saturated heterocycles. The van der Waals surface area contributed by atoms with Crippen molar-refractivity contribution >= 4 is 11.9 Å². The first kappa shape index (κ1) is 12.9. The molecule has 1 unspecified atom stereocenters. The van der Waals surface area contributed by atoms with Crippen LogP contribution in [0.5, 0.6) is 0 Å². The van der Waals surface area contributed by atoms with Crippen molar-refractivity contribution in [1.29, 1.82) is 0 Å². The van der Waals surface area contributed by atoms with Crippen molar-refractivity contribution in [3.8, 4) is 0 Å². The molecule has 92 valence electrons. The Morgan fingerprint density at radius 1 is 1.44 bits per heavy atom. The van der Waals surface area contributed by atoms with E-state index in [9.17, 15) is 9.59 Å². The maximum absolute atomic E-state index is 10.8. The van der Waals surface area contributed by atoms with Gasteiger partial charge in [-0.3, -0.25) is 9.69 Å². The summed E-state index contributed by atoms with van der Waals surface area (Å²) < 4.78 is 9.88. The Kier molecular flexibility index (Phi) is 5.21. The number of rotatable bonds is 5. The summed E-state index contributed by atoms with van der Waals surface area (Å²) in [6.07, 6.45) is -0.727. The zero-order valence-electron chi connectivity index (χ0n) is 9.35. The standard InChI is InChI=1S/C10H17NO5/c1-8(12)16-9(10(13)14)2-3-11-4-6-15-7-5-11/h9H,2-7H2,1H3,(H,13,14). The molecular formula is C10H17NO5. The number of ether oxygens (including phenoxy) is 2. The fourth-order valence-corrected chi connectivity index (χ4v) is 1.56. The van der Waals surface area contributed by atoms with E-state index < -0.39 is 18.0 Å². The molecule has 1 atom stereocenters. The molecule has 1 aliphatic rings. The Balaban J connectivity index is 2.30. The van der Waals surface area contributed by atoms with Gasteiger partial charge < -0.3 is 14.6 Å². The van der Waals surface area contributed by atoms with Gasteiger partial charge in [-0.25, -0.2) is 4.79 Å². The predicted octanol–water partition coefficient (Wildman–Crippen LogP) is -0.275. The quantitative estimate of drug-likeness (QED) is 0.656. The van der Waals surface area contributed by atoms with Crippen LogP contribution in [0.1, 0.15) is 13.3 Å². The van der Waals surface area contributed by atoms with Crippen LogP contribution in [0, 0.1) is 0 Å². The minimum absolute atomic E-state index is 0.314. The maximum Gasteiger partial charge on any atom is 0.345 e. The van der Waals surface area contributed by atoms with Crippen molar-refractivity contribution < 1.29 is 24.2 Å². The number of carboxylic acid groups (broad SMARTS) is 1. The molecule has 0 aromatic rings. The van der Waals surface area contributed by atoms with Crippen molar-refractivity contribution in [2.45, 2.75) is 19.4 Å². The second-order valence-corrected chi connectivity index (χ2v) is 3.68. The van der Waals surface area contributed by atoms with E-state index in [1.807, 2.05) is 0 Å². The molecule has 1 N–H and O–H groups in total. The summed E-state index contributed by atoms with van der Waals surface area (Å²) in [5, 5.41) is 8.83. The van der Waals surface area contributed by atoms with Crippen LogP contribution >= 0.6 is 0 Å². The van der Waals surface area contributed by atoms with Crippen LogP contribution in [0.15, 0.2) is 0 Å². The number of aliphatic carboxylic acids is 1. The third kappa shape index (κ3) is 4.59. The lowest BCUT2D eigenvalue weighted by atomic mass is 10.2. The van der Waals surface area contributed by atoms with Crippen molar-refractivity contribution in [3.63, 3.8) is 0 Å².